The van der Waals surface area contributed by atoms with Crippen molar-refractivity contribution in [1.82, 2.24) is 10.2 Å². The van der Waals surface area contributed by atoms with Crippen LogP contribution < -0.4 is 10.1 Å². The van der Waals surface area contributed by atoms with Gasteiger partial charge in [0.1, 0.15) is 11.8 Å². The van der Waals surface area contributed by atoms with E-state index in [0.717, 1.165) is 16.7 Å². The molecule has 0 aliphatic carbocycles. The topological polar surface area (TPSA) is 58.6 Å². The molecule has 3 aromatic carbocycles. The van der Waals surface area contributed by atoms with E-state index in [4.69, 9.17) is 27.9 Å². The van der Waals surface area contributed by atoms with Crippen molar-refractivity contribution < 1.29 is 14.3 Å². The van der Waals surface area contributed by atoms with Gasteiger partial charge in [-0.3, -0.25) is 9.59 Å². The maximum atomic E-state index is 13.7. The molecule has 37 heavy (non-hydrogen) atoms. The molecule has 0 saturated heterocycles. The van der Waals surface area contributed by atoms with Gasteiger partial charge in [0.15, 0.2) is 6.61 Å². The standard InChI is InChI=1S/C30H34Cl2N2O3/c1-20(2)17-33-30(36)28(15-23-8-6-5-7-9-23)34(18-24-11-12-25(31)16-27(24)32)29(35)19-37-26-13-10-21(3)22(4)14-26/h5-14,16,20,28H,15,17-19H2,1-4H3,(H,33,36)/t28-/m1/s1. The number of benzene rings is 3. The van der Waals surface area contributed by atoms with Crippen LogP contribution in [0.25, 0.3) is 0 Å². The van der Waals surface area contributed by atoms with Crippen molar-refractivity contribution in [3.05, 3.63) is 99.0 Å². The Labute approximate surface area is 229 Å². The molecule has 5 nitrogen and oxygen atoms in total. The lowest BCUT2D eigenvalue weighted by Gasteiger charge is -2.32. The summed E-state index contributed by atoms with van der Waals surface area (Å²) < 4.78 is 5.87. The zero-order valence-electron chi connectivity index (χ0n) is 21.8. The van der Waals surface area contributed by atoms with Crippen LogP contribution in [-0.2, 0) is 22.6 Å². The maximum absolute atomic E-state index is 13.7. The van der Waals surface area contributed by atoms with Crippen LogP contribution in [0.3, 0.4) is 0 Å². The molecule has 0 bridgehead atoms. The molecule has 2 amide bonds. The van der Waals surface area contributed by atoms with Gasteiger partial charge in [0.25, 0.3) is 5.91 Å². The SMILES string of the molecule is Cc1ccc(OCC(=O)N(Cc2ccc(Cl)cc2Cl)[C@H](Cc2ccccc2)C(=O)NCC(C)C)cc1C. The number of nitrogens with one attached hydrogen (secondary N) is 1. The first-order chi connectivity index (χ1) is 17.6. The zero-order valence-corrected chi connectivity index (χ0v) is 23.3. The van der Waals surface area contributed by atoms with E-state index in [0.29, 0.717) is 34.3 Å². The van der Waals surface area contributed by atoms with Crippen molar-refractivity contribution in [2.24, 2.45) is 5.92 Å². The number of carbonyl (C=O) groups is 2. The van der Waals surface area contributed by atoms with Gasteiger partial charge in [0.2, 0.25) is 5.91 Å². The predicted molar refractivity (Wildman–Crippen MR) is 150 cm³/mol. The Bertz CT molecular complexity index is 1210. The Morgan fingerprint density at radius 3 is 2.32 bits per heavy atom. The first-order valence-corrected chi connectivity index (χ1v) is 13.1. The molecule has 7 heteroatoms. The number of nitrogens with zero attached hydrogens (tertiary/aromatic N) is 1. The minimum absolute atomic E-state index is 0.137. The summed E-state index contributed by atoms with van der Waals surface area (Å²) in [4.78, 5) is 28.7. The second-order valence-corrected chi connectivity index (χ2v) is 10.5. The minimum atomic E-state index is -0.760. The summed E-state index contributed by atoms with van der Waals surface area (Å²) in [7, 11) is 0. The van der Waals surface area contributed by atoms with Gasteiger partial charge in [-0.2, -0.15) is 0 Å². The van der Waals surface area contributed by atoms with Crippen LogP contribution in [0.4, 0.5) is 0 Å². The molecular formula is C30H34Cl2N2O3. The normalized spacial score (nSPS) is 11.8. The number of amides is 2. The molecule has 0 saturated carbocycles. The lowest BCUT2D eigenvalue weighted by Crippen LogP contribution is -2.52. The van der Waals surface area contributed by atoms with Gasteiger partial charge in [-0.15, -0.1) is 0 Å². The van der Waals surface area contributed by atoms with E-state index < -0.39 is 6.04 Å². The summed E-state index contributed by atoms with van der Waals surface area (Å²) in [5, 5.41) is 3.94. The van der Waals surface area contributed by atoms with Gasteiger partial charge >= 0.3 is 0 Å². The molecule has 1 N–H and O–H groups in total. The monoisotopic (exact) mass is 540 g/mol. The summed E-state index contributed by atoms with van der Waals surface area (Å²) in [6.45, 7) is 8.50. The molecule has 0 spiro atoms. The Hall–Kier alpha value is -3.02. The second-order valence-electron chi connectivity index (χ2n) is 9.64. The molecule has 0 aliphatic rings. The third kappa shape index (κ3) is 8.51. The Morgan fingerprint density at radius 2 is 1.68 bits per heavy atom. The van der Waals surface area contributed by atoms with Gasteiger partial charge in [-0.25, -0.2) is 0 Å². The minimum Gasteiger partial charge on any atom is -0.484 e. The summed E-state index contributed by atoms with van der Waals surface area (Å²) in [6.07, 6.45) is 0.353. The van der Waals surface area contributed by atoms with E-state index in [1.54, 1.807) is 23.1 Å². The van der Waals surface area contributed by atoms with Gasteiger partial charge < -0.3 is 15.0 Å². The molecule has 3 aromatic rings. The summed E-state index contributed by atoms with van der Waals surface area (Å²) in [5.41, 5.74) is 3.86. The Balaban J connectivity index is 1.93. The Kier molecular flexibility index (Phi) is 10.4. The van der Waals surface area contributed by atoms with Crippen molar-refractivity contribution in [3.8, 4) is 5.75 Å². The zero-order chi connectivity index (χ0) is 26.9. The molecular weight excluding hydrogens is 507 g/mol. The predicted octanol–water partition coefficient (Wildman–Crippen LogP) is 6.40. The molecule has 196 valence electrons. The molecule has 0 radical (unpaired) electrons. The fraction of sp³-hybridized carbons (Fsp3) is 0.333. The van der Waals surface area contributed by atoms with E-state index >= 15 is 0 Å². The van der Waals surface area contributed by atoms with E-state index in [2.05, 4.69) is 5.32 Å². The van der Waals surface area contributed by atoms with Gasteiger partial charge in [0, 0.05) is 29.6 Å². The lowest BCUT2D eigenvalue weighted by molar-refractivity contribution is -0.142. The molecule has 3 rings (SSSR count). The Morgan fingerprint density at radius 1 is 0.946 bits per heavy atom. The van der Waals surface area contributed by atoms with Crippen LogP contribution in [0.15, 0.2) is 66.7 Å². The molecule has 0 unspecified atom stereocenters. The van der Waals surface area contributed by atoms with E-state index in [-0.39, 0.29) is 30.9 Å². The largest absolute Gasteiger partial charge is 0.484 e. The van der Waals surface area contributed by atoms with Crippen LogP contribution >= 0.6 is 23.2 Å². The molecule has 1 atom stereocenters. The smallest absolute Gasteiger partial charge is 0.261 e. The third-order valence-corrected chi connectivity index (χ3v) is 6.74. The van der Waals surface area contributed by atoms with E-state index in [1.165, 1.54) is 0 Å². The molecule has 0 aromatic heterocycles. The number of hydrogen-bond donors (Lipinski definition) is 1. The maximum Gasteiger partial charge on any atom is 0.261 e. The molecule has 0 aliphatic heterocycles. The first-order valence-electron chi connectivity index (χ1n) is 12.4. The average Bonchev–Trinajstić information content (AvgIpc) is 2.87. The highest BCUT2D eigenvalue weighted by Gasteiger charge is 2.31. The number of ether oxygens (including phenoxy) is 1. The van der Waals surface area contributed by atoms with E-state index in [9.17, 15) is 9.59 Å². The highest BCUT2D eigenvalue weighted by molar-refractivity contribution is 6.35. The van der Waals surface area contributed by atoms with Crippen LogP contribution in [0.5, 0.6) is 5.75 Å². The van der Waals surface area contributed by atoms with Crippen molar-refractivity contribution in [2.45, 2.75) is 46.7 Å². The number of aryl methyl sites for hydroxylation is 2. The summed E-state index contributed by atoms with van der Waals surface area (Å²) in [6, 6.07) is 19.7. The van der Waals surface area contributed by atoms with Gasteiger partial charge in [-0.1, -0.05) is 79.5 Å². The third-order valence-electron chi connectivity index (χ3n) is 6.15. The van der Waals surface area contributed by atoms with Crippen molar-refractivity contribution in [1.29, 1.82) is 0 Å². The highest BCUT2D eigenvalue weighted by Crippen LogP contribution is 2.24. The number of halogens is 2. The summed E-state index contributed by atoms with van der Waals surface area (Å²) in [5.74, 6) is 0.334. The quantitative estimate of drug-likeness (QED) is 0.306. The molecule has 0 fully saturated rings. The fourth-order valence-electron chi connectivity index (χ4n) is 3.84. The number of rotatable bonds is 11. The van der Waals surface area contributed by atoms with Crippen LogP contribution in [0.1, 0.15) is 36.1 Å². The van der Waals surface area contributed by atoms with Crippen LogP contribution in [0, 0.1) is 19.8 Å². The number of hydrogen-bond acceptors (Lipinski definition) is 3. The average molecular weight is 542 g/mol. The van der Waals surface area contributed by atoms with E-state index in [1.807, 2.05) is 76.2 Å². The van der Waals surface area contributed by atoms with Gasteiger partial charge in [0.05, 0.1) is 0 Å². The lowest BCUT2D eigenvalue weighted by atomic mass is 10.0. The summed E-state index contributed by atoms with van der Waals surface area (Å²) >= 11 is 12.6. The highest BCUT2D eigenvalue weighted by atomic mass is 35.5. The second kappa shape index (κ2) is 13.5. The van der Waals surface area contributed by atoms with Crippen LogP contribution in [-0.4, -0.2) is 35.9 Å². The van der Waals surface area contributed by atoms with Crippen molar-refractivity contribution >= 4 is 35.0 Å². The molecule has 0 heterocycles. The first kappa shape index (κ1) is 28.5. The van der Waals surface area contributed by atoms with Crippen molar-refractivity contribution in [2.75, 3.05) is 13.2 Å². The fourth-order valence-corrected chi connectivity index (χ4v) is 4.31. The van der Waals surface area contributed by atoms with Gasteiger partial charge in [-0.05, 0) is 66.3 Å². The van der Waals surface area contributed by atoms with Crippen LogP contribution in [0.2, 0.25) is 10.0 Å². The number of carbonyl (C=O) groups excluding carboxylic acids is 2. The van der Waals surface area contributed by atoms with Crippen molar-refractivity contribution in [3.63, 3.8) is 0 Å².